The van der Waals surface area contributed by atoms with Gasteiger partial charge < -0.3 is 10.6 Å². The number of carbonyl (C=O) groups is 1. The van der Waals surface area contributed by atoms with E-state index in [-0.39, 0.29) is 11.7 Å². The van der Waals surface area contributed by atoms with E-state index >= 15 is 0 Å². The predicted molar refractivity (Wildman–Crippen MR) is 66.6 cm³/mol. The second kappa shape index (κ2) is 7.23. The summed E-state index contributed by atoms with van der Waals surface area (Å²) in [6, 6.07) is -0.855. The first-order valence-corrected chi connectivity index (χ1v) is 7.10. The number of thioether (sulfide) groups is 1. The molecule has 7 heteroatoms. The van der Waals surface area contributed by atoms with Gasteiger partial charge in [0.2, 0.25) is 5.91 Å². The first-order valence-electron chi connectivity index (χ1n) is 6.05. The molecule has 1 amide bonds. The number of hydrogen-bond acceptors (Lipinski definition) is 3. The van der Waals surface area contributed by atoms with Gasteiger partial charge in [-0.15, -0.1) is 11.8 Å². The van der Waals surface area contributed by atoms with Crippen molar-refractivity contribution in [3.05, 3.63) is 0 Å². The highest BCUT2D eigenvalue weighted by molar-refractivity contribution is 8.00. The molecule has 1 unspecified atom stereocenters. The Labute approximate surface area is 109 Å². The Bertz CT molecular complexity index is 268. The van der Waals surface area contributed by atoms with Crippen molar-refractivity contribution in [1.29, 1.82) is 0 Å². The fraction of sp³-hybridized carbons (Fsp3) is 0.909. The number of alkyl halides is 3. The lowest BCUT2D eigenvalue weighted by molar-refractivity contribution is -0.140. The number of halogens is 3. The fourth-order valence-electron chi connectivity index (χ4n) is 1.87. The van der Waals surface area contributed by atoms with Crippen LogP contribution < -0.4 is 10.6 Å². The summed E-state index contributed by atoms with van der Waals surface area (Å²) in [5.41, 5.74) is 0. The Balaban J connectivity index is 2.16. The SMILES string of the molecule is CC(CC(F)(F)F)NC(=O)CSC1CCNCC1. The molecule has 0 aromatic carbocycles. The first kappa shape index (κ1) is 15.6. The van der Waals surface area contributed by atoms with Crippen LogP contribution in [-0.2, 0) is 4.79 Å². The van der Waals surface area contributed by atoms with Crippen molar-refractivity contribution < 1.29 is 18.0 Å². The van der Waals surface area contributed by atoms with Gasteiger partial charge in [0.1, 0.15) is 0 Å². The molecule has 1 aliphatic heterocycles. The molecule has 1 atom stereocenters. The Morgan fingerprint density at radius 2 is 2.06 bits per heavy atom. The summed E-state index contributed by atoms with van der Waals surface area (Å²) < 4.78 is 36.2. The van der Waals surface area contributed by atoms with Crippen LogP contribution in [0.25, 0.3) is 0 Å². The summed E-state index contributed by atoms with van der Waals surface area (Å²) in [4.78, 5) is 11.5. The van der Waals surface area contributed by atoms with Crippen LogP contribution >= 0.6 is 11.8 Å². The molecule has 0 spiro atoms. The van der Waals surface area contributed by atoms with Crippen LogP contribution in [0.1, 0.15) is 26.2 Å². The van der Waals surface area contributed by atoms with Crippen LogP contribution in [0.15, 0.2) is 0 Å². The molecular weight excluding hydrogens is 265 g/mol. The van der Waals surface area contributed by atoms with Gasteiger partial charge in [-0.1, -0.05) is 0 Å². The van der Waals surface area contributed by atoms with Crippen LogP contribution in [0.3, 0.4) is 0 Å². The molecule has 1 rings (SSSR count). The Morgan fingerprint density at radius 1 is 1.44 bits per heavy atom. The number of nitrogens with one attached hydrogen (secondary N) is 2. The molecule has 2 N–H and O–H groups in total. The first-order chi connectivity index (χ1) is 8.37. The number of rotatable bonds is 5. The van der Waals surface area contributed by atoms with Gasteiger partial charge in [0.15, 0.2) is 0 Å². The number of amides is 1. The zero-order valence-corrected chi connectivity index (χ0v) is 11.2. The molecule has 1 fully saturated rings. The minimum atomic E-state index is -4.23. The number of hydrogen-bond donors (Lipinski definition) is 2. The van der Waals surface area contributed by atoms with Crippen LogP contribution in [0.2, 0.25) is 0 Å². The third-order valence-electron chi connectivity index (χ3n) is 2.68. The van der Waals surface area contributed by atoms with Gasteiger partial charge in [-0.05, 0) is 32.9 Å². The summed E-state index contributed by atoms with van der Waals surface area (Å²) in [6.45, 7) is 3.27. The van der Waals surface area contributed by atoms with Crippen molar-refractivity contribution in [2.75, 3.05) is 18.8 Å². The van der Waals surface area contributed by atoms with Crippen molar-refractivity contribution >= 4 is 17.7 Å². The van der Waals surface area contributed by atoms with Crippen molar-refractivity contribution in [3.63, 3.8) is 0 Å². The van der Waals surface area contributed by atoms with Crippen LogP contribution in [0.4, 0.5) is 13.2 Å². The molecule has 0 bridgehead atoms. The zero-order valence-electron chi connectivity index (χ0n) is 10.3. The topological polar surface area (TPSA) is 41.1 Å². The maximum atomic E-state index is 12.1. The molecule has 3 nitrogen and oxygen atoms in total. The highest BCUT2D eigenvalue weighted by Crippen LogP contribution is 2.22. The Kier molecular flexibility index (Phi) is 6.28. The molecule has 0 aromatic rings. The highest BCUT2D eigenvalue weighted by atomic mass is 32.2. The molecule has 1 aliphatic rings. The summed E-state index contributed by atoms with van der Waals surface area (Å²) in [6.07, 6.45) is -3.18. The van der Waals surface area contributed by atoms with E-state index in [2.05, 4.69) is 10.6 Å². The van der Waals surface area contributed by atoms with Gasteiger partial charge in [0.05, 0.1) is 12.2 Å². The van der Waals surface area contributed by atoms with Gasteiger partial charge in [0.25, 0.3) is 0 Å². The van der Waals surface area contributed by atoms with E-state index in [0.29, 0.717) is 5.25 Å². The Morgan fingerprint density at radius 3 is 2.61 bits per heavy atom. The van der Waals surface area contributed by atoms with Crippen molar-refractivity contribution in [3.8, 4) is 0 Å². The quantitative estimate of drug-likeness (QED) is 0.810. The molecule has 0 saturated carbocycles. The van der Waals surface area contributed by atoms with E-state index < -0.39 is 18.6 Å². The largest absolute Gasteiger partial charge is 0.391 e. The Hall–Kier alpha value is -0.430. The van der Waals surface area contributed by atoms with Crippen molar-refractivity contribution in [2.45, 2.75) is 43.7 Å². The minimum absolute atomic E-state index is 0.243. The summed E-state index contributed by atoms with van der Waals surface area (Å²) in [7, 11) is 0. The molecular formula is C11H19F3N2OS. The van der Waals surface area contributed by atoms with Crippen molar-refractivity contribution in [1.82, 2.24) is 10.6 Å². The average Bonchev–Trinajstić information content (AvgIpc) is 2.25. The van der Waals surface area contributed by atoms with E-state index in [1.807, 2.05) is 0 Å². The zero-order chi connectivity index (χ0) is 13.6. The van der Waals surface area contributed by atoms with E-state index in [0.717, 1.165) is 25.9 Å². The summed E-state index contributed by atoms with van der Waals surface area (Å²) >= 11 is 1.53. The second-order valence-corrected chi connectivity index (χ2v) is 5.84. The lowest BCUT2D eigenvalue weighted by Crippen LogP contribution is -2.37. The lowest BCUT2D eigenvalue weighted by atomic mass is 10.2. The smallest absolute Gasteiger partial charge is 0.353 e. The maximum Gasteiger partial charge on any atom is 0.391 e. The molecule has 106 valence electrons. The van der Waals surface area contributed by atoms with Crippen LogP contribution in [-0.4, -0.2) is 42.2 Å². The fourth-order valence-corrected chi connectivity index (χ4v) is 2.91. The third kappa shape index (κ3) is 7.10. The van der Waals surface area contributed by atoms with E-state index in [1.54, 1.807) is 0 Å². The summed E-state index contributed by atoms with van der Waals surface area (Å²) in [5, 5.41) is 6.04. The maximum absolute atomic E-state index is 12.1. The van der Waals surface area contributed by atoms with E-state index in [4.69, 9.17) is 0 Å². The number of piperidine rings is 1. The minimum Gasteiger partial charge on any atom is -0.353 e. The molecule has 1 saturated heterocycles. The van der Waals surface area contributed by atoms with Crippen LogP contribution in [0, 0.1) is 0 Å². The van der Waals surface area contributed by atoms with Gasteiger partial charge in [-0.25, -0.2) is 0 Å². The second-order valence-electron chi connectivity index (χ2n) is 4.55. The highest BCUT2D eigenvalue weighted by Gasteiger charge is 2.30. The number of carbonyl (C=O) groups excluding carboxylic acids is 1. The molecule has 1 heterocycles. The normalized spacial score (nSPS) is 19.6. The molecule has 18 heavy (non-hydrogen) atoms. The van der Waals surface area contributed by atoms with Gasteiger partial charge in [-0.2, -0.15) is 13.2 Å². The standard InChI is InChI=1S/C11H19F3N2OS/c1-8(6-11(12,13)14)16-10(17)7-18-9-2-4-15-5-3-9/h8-9,15H,2-7H2,1H3,(H,16,17). The van der Waals surface area contributed by atoms with Crippen molar-refractivity contribution in [2.24, 2.45) is 0 Å². The van der Waals surface area contributed by atoms with Gasteiger partial charge in [0, 0.05) is 11.3 Å². The predicted octanol–water partition coefficient (Wildman–Crippen LogP) is 1.93. The van der Waals surface area contributed by atoms with Gasteiger partial charge in [-0.3, -0.25) is 4.79 Å². The van der Waals surface area contributed by atoms with Gasteiger partial charge >= 0.3 is 6.18 Å². The molecule has 0 aromatic heterocycles. The average molecular weight is 284 g/mol. The molecule has 0 aliphatic carbocycles. The lowest BCUT2D eigenvalue weighted by Gasteiger charge is -2.22. The van der Waals surface area contributed by atoms with E-state index in [1.165, 1.54) is 18.7 Å². The third-order valence-corrected chi connectivity index (χ3v) is 4.05. The monoisotopic (exact) mass is 284 g/mol. The molecule has 0 radical (unpaired) electrons. The summed E-state index contributed by atoms with van der Waals surface area (Å²) in [5.74, 6) is -0.0670. The van der Waals surface area contributed by atoms with E-state index in [9.17, 15) is 18.0 Å². The van der Waals surface area contributed by atoms with Crippen LogP contribution in [0.5, 0.6) is 0 Å².